The zero-order chi connectivity index (χ0) is 34.0. The van der Waals surface area contributed by atoms with Gasteiger partial charge in [-0.25, -0.2) is 4.98 Å². The Labute approximate surface area is 308 Å². The molecule has 3 heterocycles. The third-order valence-electron chi connectivity index (χ3n) is 9.16. The minimum atomic E-state index is -0.390. The molecule has 0 radical (unpaired) electrons. The predicted octanol–water partition coefficient (Wildman–Crippen LogP) is 10.8. The molecule has 1 N–H and O–H groups in total. The molecule has 0 saturated carbocycles. The minimum absolute atomic E-state index is 0. The topological polar surface area (TPSA) is 62.1 Å². The Bertz CT molecular complexity index is 2180. The smallest absolute Gasteiger partial charge is 0.136 e. The SMILES string of the molecule is Cc1cccc(C)c1-c1cc(-c2[c-]c(N(c3ccccc3)c3ccccn3)cc(C(C)(C)c3ccncc3)c2)nc(-c2ccccc2O)c1.[Pt]. The molecule has 4 aromatic carbocycles. The van der Waals surface area contributed by atoms with Crippen molar-refractivity contribution in [3.63, 3.8) is 0 Å². The second-order valence-corrected chi connectivity index (χ2v) is 12.8. The molecule has 7 aromatic rings. The molecule has 250 valence electrons. The van der Waals surface area contributed by atoms with Crippen molar-refractivity contribution in [2.45, 2.75) is 33.1 Å². The van der Waals surface area contributed by atoms with E-state index in [4.69, 9.17) is 9.97 Å². The van der Waals surface area contributed by atoms with Crippen LogP contribution < -0.4 is 4.90 Å². The largest absolute Gasteiger partial charge is 0.507 e. The maximum Gasteiger partial charge on any atom is 0.136 e. The van der Waals surface area contributed by atoms with Crippen molar-refractivity contribution in [1.82, 2.24) is 15.0 Å². The number of aryl methyl sites for hydroxylation is 2. The fourth-order valence-electron chi connectivity index (χ4n) is 6.48. The number of nitrogens with zero attached hydrogens (tertiary/aromatic N) is 4. The second-order valence-electron chi connectivity index (χ2n) is 12.8. The van der Waals surface area contributed by atoms with Crippen LogP contribution in [0.25, 0.3) is 33.6 Å². The molecule has 0 unspecified atom stereocenters. The van der Waals surface area contributed by atoms with Crippen LogP contribution in [-0.4, -0.2) is 20.1 Å². The van der Waals surface area contributed by atoms with Crippen LogP contribution in [0, 0.1) is 19.9 Å². The fraction of sp³-hybridized carbons (Fsp3) is 0.114. The van der Waals surface area contributed by atoms with Gasteiger partial charge in [0.15, 0.2) is 0 Å². The zero-order valence-electron chi connectivity index (χ0n) is 28.4. The third-order valence-corrected chi connectivity index (χ3v) is 9.16. The summed E-state index contributed by atoms with van der Waals surface area (Å²) in [5, 5.41) is 11.0. The number of aromatic nitrogens is 3. The van der Waals surface area contributed by atoms with E-state index in [1.165, 1.54) is 11.1 Å². The number of phenolic OH excluding ortho intramolecular Hbond substituents is 1. The summed E-state index contributed by atoms with van der Waals surface area (Å²) in [6.45, 7) is 8.73. The number of phenols is 1. The summed E-state index contributed by atoms with van der Waals surface area (Å²) in [6, 6.07) is 46.4. The maximum absolute atomic E-state index is 11.0. The molecular weight excluding hydrogens is 796 g/mol. The van der Waals surface area contributed by atoms with Gasteiger partial charge in [-0.05, 0) is 113 Å². The summed E-state index contributed by atoms with van der Waals surface area (Å²) in [6.07, 6.45) is 5.49. The molecule has 0 atom stereocenters. The Kier molecular flexibility index (Phi) is 10.1. The van der Waals surface area contributed by atoms with Crippen LogP contribution in [0.1, 0.15) is 36.1 Å². The molecule has 5 nitrogen and oxygen atoms in total. The van der Waals surface area contributed by atoms with Crippen molar-refractivity contribution in [1.29, 1.82) is 0 Å². The Morgan fingerprint density at radius 3 is 2.04 bits per heavy atom. The van der Waals surface area contributed by atoms with Gasteiger partial charge in [-0.15, -0.1) is 29.3 Å². The first kappa shape index (κ1) is 34.5. The van der Waals surface area contributed by atoms with E-state index < -0.39 is 5.41 Å². The third kappa shape index (κ3) is 6.88. The molecule has 7 rings (SSSR count). The normalized spacial score (nSPS) is 11.1. The van der Waals surface area contributed by atoms with Gasteiger partial charge >= 0.3 is 0 Å². The molecule has 0 saturated heterocycles. The van der Waals surface area contributed by atoms with Gasteiger partial charge in [0.2, 0.25) is 0 Å². The Morgan fingerprint density at radius 1 is 0.660 bits per heavy atom. The van der Waals surface area contributed by atoms with Crippen LogP contribution >= 0.6 is 0 Å². The van der Waals surface area contributed by atoms with Crippen LogP contribution in [0.4, 0.5) is 17.2 Å². The zero-order valence-corrected chi connectivity index (χ0v) is 30.7. The quantitative estimate of drug-likeness (QED) is 0.155. The van der Waals surface area contributed by atoms with E-state index in [2.05, 4.69) is 110 Å². The molecule has 0 aliphatic carbocycles. The van der Waals surface area contributed by atoms with Crippen molar-refractivity contribution < 1.29 is 26.2 Å². The fourth-order valence-corrected chi connectivity index (χ4v) is 6.48. The molecule has 0 bridgehead atoms. The maximum atomic E-state index is 11.0. The van der Waals surface area contributed by atoms with Crippen LogP contribution in [0.15, 0.2) is 146 Å². The Balaban J connectivity index is 0.00000432. The monoisotopic (exact) mass is 832 g/mol. The van der Waals surface area contributed by atoms with Crippen LogP contribution in [0.2, 0.25) is 0 Å². The molecule has 0 amide bonds. The molecule has 0 aliphatic heterocycles. The van der Waals surface area contributed by atoms with Gasteiger partial charge in [-0.1, -0.05) is 74.5 Å². The summed E-state index contributed by atoms with van der Waals surface area (Å²) < 4.78 is 0. The van der Waals surface area contributed by atoms with Gasteiger partial charge in [0.05, 0.1) is 5.69 Å². The number of hydrogen-bond donors (Lipinski definition) is 1. The van der Waals surface area contributed by atoms with E-state index in [1.54, 1.807) is 6.07 Å². The summed E-state index contributed by atoms with van der Waals surface area (Å²) in [7, 11) is 0. The molecule has 3 aromatic heterocycles. The van der Waals surface area contributed by atoms with Crippen molar-refractivity contribution in [2.75, 3.05) is 4.90 Å². The van der Waals surface area contributed by atoms with Gasteiger partial charge in [0.1, 0.15) is 11.6 Å². The number of aromatic hydroxyl groups is 1. The summed E-state index contributed by atoms with van der Waals surface area (Å²) in [5.41, 5.74) is 11.1. The van der Waals surface area contributed by atoms with Crippen LogP contribution in [0.5, 0.6) is 5.75 Å². The molecule has 0 fully saturated rings. The number of rotatable bonds is 8. The van der Waals surface area contributed by atoms with Crippen molar-refractivity contribution in [3.05, 3.63) is 174 Å². The second kappa shape index (κ2) is 14.6. The van der Waals surface area contributed by atoms with Crippen molar-refractivity contribution >= 4 is 17.2 Å². The Morgan fingerprint density at radius 2 is 1.34 bits per heavy atom. The number of hydrogen-bond acceptors (Lipinski definition) is 5. The summed E-state index contributed by atoms with van der Waals surface area (Å²) in [4.78, 5) is 16.4. The molecule has 0 aliphatic rings. The van der Waals surface area contributed by atoms with Gasteiger partial charge in [0, 0.05) is 50.9 Å². The number of benzene rings is 4. The number of para-hydroxylation sites is 2. The van der Waals surface area contributed by atoms with Crippen molar-refractivity contribution in [3.8, 4) is 39.4 Å². The van der Waals surface area contributed by atoms with E-state index in [1.807, 2.05) is 73.2 Å². The minimum Gasteiger partial charge on any atom is -0.507 e. The van der Waals surface area contributed by atoms with Crippen molar-refractivity contribution in [2.24, 2.45) is 0 Å². The average Bonchev–Trinajstić information content (AvgIpc) is 3.13. The van der Waals surface area contributed by atoms with Gasteiger partial charge < -0.3 is 10.0 Å². The summed E-state index contributed by atoms with van der Waals surface area (Å²) >= 11 is 0. The van der Waals surface area contributed by atoms with Gasteiger partial charge in [-0.2, -0.15) is 0 Å². The first-order chi connectivity index (χ1) is 23.8. The van der Waals surface area contributed by atoms with E-state index in [-0.39, 0.29) is 26.8 Å². The average molecular weight is 833 g/mol. The predicted molar refractivity (Wildman–Crippen MR) is 199 cm³/mol. The first-order valence-electron chi connectivity index (χ1n) is 16.4. The van der Waals surface area contributed by atoms with E-state index in [9.17, 15) is 5.11 Å². The molecule has 50 heavy (non-hydrogen) atoms. The Hall–Kier alpha value is -5.38. The van der Waals surface area contributed by atoms with E-state index in [0.717, 1.165) is 50.7 Å². The standard InChI is InChI=1S/C44H37N4O.Pt/c1-30-13-12-14-31(2)43(30)33-27-39(47-40(28-33)38-17-8-9-18-41(38)49)32-25-35(44(3,4)34-20-23-45-24-21-34)29-37(26-32)48(36-15-6-5-7-16-36)42-19-10-11-22-46-42;/h5-25,27-29,49H,1-4H3;/q-1;. The molecular formula is C44H37N4OPt-. The number of pyridine rings is 3. The van der Waals surface area contributed by atoms with Gasteiger partial charge in [0.25, 0.3) is 0 Å². The molecule has 0 spiro atoms. The van der Waals surface area contributed by atoms with E-state index in [0.29, 0.717) is 11.3 Å². The summed E-state index contributed by atoms with van der Waals surface area (Å²) in [5.74, 6) is 0.962. The van der Waals surface area contributed by atoms with Crippen LogP contribution in [-0.2, 0) is 26.5 Å². The van der Waals surface area contributed by atoms with E-state index >= 15 is 0 Å². The van der Waals surface area contributed by atoms with Gasteiger partial charge in [-0.3, -0.25) is 9.97 Å². The molecule has 6 heteroatoms. The number of anilines is 3. The van der Waals surface area contributed by atoms with Crippen LogP contribution in [0.3, 0.4) is 0 Å². The first-order valence-corrected chi connectivity index (χ1v) is 16.4.